The summed E-state index contributed by atoms with van der Waals surface area (Å²) in [5.74, 6) is 0.453. The van der Waals surface area contributed by atoms with Gasteiger partial charge in [0.15, 0.2) is 0 Å². The first-order chi connectivity index (χ1) is 6.11. The summed E-state index contributed by atoms with van der Waals surface area (Å²) in [6, 6.07) is 0. The van der Waals surface area contributed by atoms with Crippen LogP contribution in [0.15, 0.2) is 12.2 Å². The van der Waals surface area contributed by atoms with Crippen molar-refractivity contribution in [3.63, 3.8) is 0 Å². The Kier molecular flexibility index (Phi) is 1.91. The lowest BCUT2D eigenvalue weighted by molar-refractivity contribution is -0.134. The summed E-state index contributed by atoms with van der Waals surface area (Å²) in [5, 5.41) is 9.70. The molecule has 1 saturated carbocycles. The Labute approximate surface area is 78.0 Å². The second-order valence-electron chi connectivity index (χ2n) is 4.19. The summed E-state index contributed by atoms with van der Waals surface area (Å²) in [6.07, 6.45) is 4.54. The highest BCUT2D eigenvalue weighted by Crippen LogP contribution is 2.44. The van der Waals surface area contributed by atoms with Crippen LogP contribution in [-0.4, -0.2) is 36.1 Å². The number of rotatable bonds is 1. The van der Waals surface area contributed by atoms with Crippen LogP contribution in [-0.2, 0) is 4.79 Å². The van der Waals surface area contributed by atoms with Crippen molar-refractivity contribution in [2.75, 3.05) is 14.1 Å². The lowest BCUT2D eigenvalue weighted by atomic mass is 9.92. The molecule has 13 heavy (non-hydrogen) atoms. The first-order valence-corrected chi connectivity index (χ1v) is 4.69. The van der Waals surface area contributed by atoms with Crippen LogP contribution in [0.5, 0.6) is 0 Å². The van der Waals surface area contributed by atoms with Gasteiger partial charge in [-0.25, -0.2) is 0 Å². The second-order valence-corrected chi connectivity index (χ2v) is 4.19. The van der Waals surface area contributed by atoms with Gasteiger partial charge in [0.1, 0.15) is 0 Å². The van der Waals surface area contributed by atoms with Crippen LogP contribution in [0.1, 0.15) is 6.42 Å². The molecular weight excluding hydrogens is 166 g/mol. The predicted molar refractivity (Wildman–Crippen MR) is 48.9 cm³/mol. The van der Waals surface area contributed by atoms with E-state index in [1.54, 1.807) is 19.0 Å². The van der Waals surface area contributed by atoms with Crippen molar-refractivity contribution in [1.29, 1.82) is 0 Å². The maximum absolute atomic E-state index is 11.7. The van der Waals surface area contributed by atoms with E-state index < -0.39 is 0 Å². The second kappa shape index (κ2) is 2.84. The fraction of sp³-hybridized carbons (Fsp3) is 0.700. The van der Waals surface area contributed by atoms with Crippen molar-refractivity contribution in [3.8, 4) is 0 Å². The van der Waals surface area contributed by atoms with E-state index in [9.17, 15) is 9.90 Å². The Bertz CT molecular complexity index is 260. The molecule has 0 heterocycles. The molecule has 4 atom stereocenters. The van der Waals surface area contributed by atoms with Crippen molar-refractivity contribution >= 4 is 5.91 Å². The first kappa shape index (κ1) is 8.75. The zero-order valence-electron chi connectivity index (χ0n) is 7.97. The van der Waals surface area contributed by atoms with Gasteiger partial charge >= 0.3 is 0 Å². The molecule has 3 heteroatoms. The summed E-state index contributed by atoms with van der Waals surface area (Å²) in [5.41, 5.74) is 0. The summed E-state index contributed by atoms with van der Waals surface area (Å²) < 4.78 is 0. The maximum atomic E-state index is 11.7. The maximum Gasteiger partial charge on any atom is 0.225 e. The fourth-order valence-electron chi connectivity index (χ4n) is 2.42. The minimum atomic E-state index is -0.311. The van der Waals surface area contributed by atoms with E-state index in [0.717, 1.165) is 6.42 Å². The van der Waals surface area contributed by atoms with Crippen LogP contribution in [0.2, 0.25) is 0 Å². The smallest absolute Gasteiger partial charge is 0.225 e. The Hall–Kier alpha value is -0.830. The topological polar surface area (TPSA) is 40.5 Å². The SMILES string of the molecule is CN(C)C(=O)C1CC2C=CC1C2O. The van der Waals surface area contributed by atoms with Gasteiger partial charge in [0.25, 0.3) is 0 Å². The van der Waals surface area contributed by atoms with Crippen LogP contribution < -0.4 is 0 Å². The summed E-state index contributed by atoms with van der Waals surface area (Å²) in [4.78, 5) is 13.3. The first-order valence-electron chi connectivity index (χ1n) is 4.69. The van der Waals surface area contributed by atoms with E-state index in [2.05, 4.69) is 0 Å². The average molecular weight is 181 g/mol. The van der Waals surface area contributed by atoms with Crippen LogP contribution in [0, 0.1) is 17.8 Å². The number of fused-ring (bicyclic) bond motifs is 2. The molecule has 4 unspecified atom stereocenters. The number of carbonyl (C=O) groups excluding carboxylic acids is 1. The van der Waals surface area contributed by atoms with E-state index in [1.165, 1.54) is 0 Å². The van der Waals surface area contributed by atoms with Crippen molar-refractivity contribution in [2.24, 2.45) is 17.8 Å². The molecule has 0 aromatic carbocycles. The highest BCUT2D eigenvalue weighted by atomic mass is 16.3. The van der Waals surface area contributed by atoms with Gasteiger partial charge in [0.2, 0.25) is 5.91 Å². The molecular formula is C10H15NO2. The fourth-order valence-corrected chi connectivity index (χ4v) is 2.42. The third-order valence-electron chi connectivity index (χ3n) is 3.16. The van der Waals surface area contributed by atoms with Crippen molar-refractivity contribution < 1.29 is 9.90 Å². The van der Waals surface area contributed by atoms with Crippen LogP contribution in [0.4, 0.5) is 0 Å². The van der Waals surface area contributed by atoms with Gasteiger partial charge in [0.05, 0.1) is 6.10 Å². The molecule has 1 N–H and O–H groups in total. The third kappa shape index (κ3) is 1.18. The molecule has 0 aliphatic heterocycles. The summed E-state index contributed by atoms with van der Waals surface area (Å²) in [6.45, 7) is 0. The summed E-state index contributed by atoms with van der Waals surface area (Å²) >= 11 is 0. The number of nitrogens with zero attached hydrogens (tertiary/aromatic N) is 1. The number of aliphatic hydroxyl groups is 1. The minimum Gasteiger partial charge on any atom is -0.392 e. The number of aliphatic hydroxyl groups excluding tert-OH is 1. The molecule has 2 aliphatic rings. The molecule has 0 saturated heterocycles. The average Bonchev–Trinajstić information content (AvgIpc) is 2.60. The van der Waals surface area contributed by atoms with Crippen LogP contribution in [0.3, 0.4) is 0 Å². The quantitative estimate of drug-likeness (QED) is 0.589. The molecule has 2 aliphatic carbocycles. The third-order valence-corrected chi connectivity index (χ3v) is 3.16. The highest BCUT2D eigenvalue weighted by Gasteiger charge is 2.47. The zero-order chi connectivity index (χ0) is 9.59. The number of hydrogen-bond donors (Lipinski definition) is 1. The van der Waals surface area contributed by atoms with E-state index in [-0.39, 0.29) is 29.8 Å². The Morgan fingerprint density at radius 3 is 2.54 bits per heavy atom. The van der Waals surface area contributed by atoms with E-state index in [0.29, 0.717) is 0 Å². The normalized spacial score (nSPS) is 41.2. The number of amides is 1. The number of carbonyl (C=O) groups is 1. The molecule has 3 nitrogen and oxygen atoms in total. The molecule has 2 bridgehead atoms. The van der Waals surface area contributed by atoms with Crippen LogP contribution in [0.25, 0.3) is 0 Å². The molecule has 1 fully saturated rings. The van der Waals surface area contributed by atoms with E-state index in [1.807, 2.05) is 12.2 Å². The Balaban J connectivity index is 2.13. The molecule has 0 radical (unpaired) electrons. The monoisotopic (exact) mass is 181 g/mol. The van der Waals surface area contributed by atoms with Crippen LogP contribution >= 0.6 is 0 Å². The molecule has 2 rings (SSSR count). The van der Waals surface area contributed by atoms with Gasteiger partial charge in [-0.1, -0.05) is 12.2 Å². The van der Waals surface area contributed by atoms with Gasteiger partial charge in [0, 0.05) is 31.8 Å². The van der Waals surface area contributed by atoms with Gasteiger partial charge in [-0.15, -0.1) is 0 Å². The Morgan fingerprint density at radius 2 is 2.15 bits per heavy atom. The lowest BCUT2D eigenvalue weighted by Crippen LogP contribution is -2.33. The van der Waals surface area contributed by atoms with Gasteiger partial charge in [-0.2, -0.15) is 0 Å². The lowest BCUT2D eigenvalue weighted by Gasteiger charge is -2.21. The van der Waals surface area contributed by atoms with Gasteiger partial charge in [-0.05, 0) is 6.42 Å². The standard InChI is InChI=1S/C10H15NO2/c1-11(2)10(13)8-5-6-3-4-7(8)9(6)12/h3-4,6-9,12H,5H2,1-2H3. The number of hydrogen-bond acceptors (Lipinski definition) is 2. The molecule has 1 amide bonds. The van der Waals surface area contributed by atoms with E-state index in [4.69, 9.17) is 0 Å². The van der Waals surface area contributed by atoms with Crippen molar-refractivity contribution in [3.05, 3.63) is 12.2 Å². The minimum absolute atomic E-state index is 0.0139. The van der Waals surface area contributed by atoms with Gasteiger partial charge < -0.3 is 10.0 Å². The van der Waals surface area contributed by atoms with Crippen molar-refractivity contribution in [2.45, 2.75) is 12.5 Å². The largest absolute Gasteiger partial charge is 0.392 e. The van der Waals surface area contributed by atoms with Gasteiger partial charge in [-0.3, -0.25) is 4.79 Å². The summed E-state index contributed by atoms with van der Waals surface area (Å²) in [7, 11) is 3.54. The van der Waals surface area contributed by atoms with Crippen molar-refractivity contribution in [1.82, 2.24) is 4.90 Å². The zero-order valence-corrected chi connectivity index (χ0v) is 7.97. The van der Waals surface area contributed by atoms with E-state index >= 15 is 0 Å². The molecule has 0 aromatic heterocycles. The molecule has 72 valence electrons. The molecule has 0 spiro atoms. The molecule has 0 aromatic rings. The predicted octanol–water partition coefficient (Wildman–Crippen LogP) is 0.258. The Morgan fingerprint density at radius 1 is 1.46 bits per heavy atom. The highest BCUT2D eigenvalue weighted by molar-refractivity contribution is 5.79.